The van der Waals surface area contributed by atoms with E-state index >= 15 is 0 Å². The number of anilines is 1. The number of amides is 2. The zero-order valence-corrected chi connectivity index (χ0v) is 15.5. The average molecular weight is 351 g/mol. The zero-order chi connectivity index (χ0) is 18.9. The molecule has 5 nitrogen and oxygen atoms in total. The summed E-state index contributed by atoms with van der Waals surface area (Å²) in [5, 5.41) is 6.78. The second kappa shape index (κ2) is 9.51. The van der Waals surface area contributed by atoms with Gasteiger partial charge in [0.05, 0.1) is 6.21 Å². The first-order chi connectivity index (χ1) is 12.5. The van der Waals surface area contributed by atoms with Crippen LogP contribution in [0.3, 0.4) is 0 Å². The van der Waals surface area contributed by atoms with Crippen LogP contribution in [0.1, 0.15) is 61.0 Å². The minimum atomic E-state index is -0.300. The summed E-state index contributed by atoms with van der Waals surface area (Å²) < 4.78 is 0. The highest BCUT2D eigenvalue weighted by Gasteiger charge is 2.05. The first-order valence-electron chi connectivity index (χ1n) is 8.83. The van der Waals surface area contributed by atoms with E-state index in [9.17, 15) is 9.59 Å². The largest absolute Gasteiger partial charge is 0.326 e. The highest BCUT2D eigenvalue weighted by molar-refractivity contribution is 5.96. The fraction of sp³-hybridized carbons (Fsp3) is 0.286. The molecule has 0 saturated carbocycles. The molecule has 2 amide bonds. The molecule has 5 heteroatoms. The Morgan fingerprint density at radius 3 is 2.27 bits per heavy atom. The van der Waals surface area contributed by atoms with Crippen molar-refractivity contribution in [3.63, 3.8) is 0 Å². The van der Waals surface area contributed by atoms with Gasteiger partial charge >= 0.3 is 0 Å². The van der Waals surface area contributed by atoms with Gasteiger partial charge in [0.25, 0.3) is 5.91 Å². The van der Waals surface area contributed by atoms with Crippen LogP contribution in [-0.2, 0) is 4.79 Å². The molecule has 26 heavy (non-hydrogen) atoms. The van der Waals surface area contributed by atoms with E-state index < -0.39 is 0 Å². The molecule has 0 aromatic heterocycles. The van der Waals surface area contributed by atoms with E-state index in [2.05, 4.69) is 41.8 Å². The van der Waals surface area contributed by atoms with Crippen molar-refractivity contribution >= 4 is 23.7 Å². The first kappa shape index (κ1) is 19.4. The Bertz CT molecular complexity index is 763. The number of nitrogens with one attached hydrogen (secondary N) is 2. The Morgan fingerprint density at radius 2 is 1.69 bits per heavy atom. The Hall–Kier alpha value is -2.95. The molecule has 0 aliphatic heterocycles. The third kappa shape index (κ3) is 5.84. The van der Waals surface area contributed by atoms with Gasteiger partial charge in [0, 0.05) is 17.7 Å². The van der Waals surface area contributed by atoms with Gasteiger partial charge in [0.15, 0.2) is 0 Å². The molecule has 2 aromatic carbocycles. The average Bonchev–Trinajstić information content (AvgIpc) is 2.63. The van der Waals surface area contributed by atoms with Crippen LogP contribution in [0.5, 0.6) is 0 Å². The smallest absolute Gasteiger partial charge is 0.271 e. The van der Waals surface area contributed by atoms with Crippen molar-refractivity contribution in [1.29, 1.82) is 0 Å². The van der Waals surface area contributed by atoms with Crippen LogP contribution in [0.15, 0.2) is 53.6 Å². The van der Waals surface area contributed by atoms with Crippen molar-refractivity contribution in [2.75, 3.05) is 5.32 Å². The van der Waals surface area contributed by atoms with Gasteiger partial charge in [0.2, 0.25) is 5.91 Å². The van der Waals surface area contributed by atoms with Crippen molar-refractivity contribution < 1.29 is 9.59 Å². The topological polar surface area (TPSA) is 70.6 Å². The number of benzene rings is 2. The standard InChI is InChI=1S/C21H25N3O2/c1-4-5-20(25)23-19-12-10-18(11-13-19)21(26)24-22-14-16-6-8-17(9-7-16)15(2)3/h6-15H,4-5H2,1-3H3,(H,23,25)(H,24,26)/b22-14-. The van der Waals surface area contributed by atoms with E-state index in [0.717, 1.165) is 12.0 Å². The lowest BCUT2D eigenvalue weighted by Gasteiger charge is -2.06. The summed E-state index contributed by atoms with van der Waals surface area (Å²) in [7, 11) is 0. The highest BCUT2D eigenvalue weighted by atomic mass is 16.2. The van der Waals surface area contributed by atoms with Crippen molar-refractivity contribution in [2.45, 2.75) is 39.5 Å². The molecular weight excluding hydrogens is 326 g/mol. The van der Waals surface area contributed by atoms with E-state index in [-0.39, 0.29) is 11.8 Å². The molecule has 2 N–H and O–H groups in total. The van der Waals surface area contributed by atoms with E-state index in [1.807, 2.05) is 19.1 Å². The van der Waals surface area contributed by atoms with Crippen molar-refractivity contribution in [3.8, 4) is 0 Å². The molecule has 0 spiro atoms. The van der Waals surface area contributed by atoms with Crippen molar-refractivity contribution in [2.24, 2.45) is 5.10 Å². The molecule has 0 bridgehead atoms. The fourth-order valence-electron chi connectivity index (χ4n) is 2.35. The Labute approximate surface area is 154 Å². The molecular formula is C21H25N3O2. The summed E-state index contributed by atoms with van der Waals surface area (Å²) >= 11 is 0. The molecule has 0 heterocycles. The van der Waals surface area contributed by atoms with Crippen LogP contribution < -0.4 is 10.7 Å². The highest BCUT2D eigenvalue weighted by Crippen LogP contribution is 2.14. The number of nitrogens with zero attached hydrogens (tertiary/aromatic N) is 1. The summed E-state index contributed by atoms with van der Waals surface area (Å²) in [5.74, 6) is 0.152. The minimum absolute atomic E-state index is 0.0298. The number of carbonyl (C=O) groups excluding carboxylic acids is 2. The van der Waals surface area contributed by atoms with E-state index in [4.69, 9.17) is 0 Å². The lowest BCUT2D eigenvalue weighted by atomic mass is 10.0. The number of hydrogen-bond acceptors (Lipinski definition) is 3. The lowest BCUT2D eigenvalue weighted by Crippen LogP contribution is -2.17. The fourth-order valence-corrected chi connectivity index (χ4v) is 2.35. The van der Waals surface area contributed by atoms with E-state index in [0.29, 0.717) is 23.6 Å². The van der Waals surface area contributed by atoms with Crippen LogP contribution in [0.4, 0.5) is 5.69 Å². The van der Waals surface area contributed by atoms with Crippen LogP contribution >= 0.6 is 0 Å². The quantitative estimate of drug-likeness (QED) is 0.576. The number of rotatable bonds is 7. The summed E-state index contributed by atoms with van der Waals surface area (Å²) in [4.78, 5) is 23.7. The number of carbonyl (C=O) groups is 2. The summed E-state index contributed by atoms with van der Waals surface area (Å²) in [6.45, 7) is 6.24. The van der Waals surface area contributed by atoms with Gasteiger partial charge in [0.1, 0.15) is 0 Å². The lowest BCUT2D eigenvalue weighted by molar-refractivity contribution is -0.116. The molecule has 2 aromatic rings. The molecule has 0 radical (unpaired) electrons. The molecule has 0 aliphatic rings. The molecule has 0 unspecified atom stereocenters. The van der Waals surface area contributed by atoms with Gasteiger partial charge in [-0.05, 0) is 47.7 Å². The van der Waals surface area contributed by atoms with Gasteiger partial charge in [-0.3, -0.25) is 9.59 Å². The molecule has 0 atom stereocenters. The van der Waals surface area contributed by atoms with Crippen molar-refractivity contribution in [1.82, 2.24) is 5.43 Å². The van der Waals surface area contributed by atoms with E-state index in [1.54, 1.807) is 30.5 Å². The van der Waals surface area contributed by atoms with Crippen LogP contribution in [0.25, 0.3) is 0 Å². The summed E-state index contributed by atoms with van der Waals surface area (Å²) in [6.07, 6.45) is 2.89. The third-order valence-corrected chi connectivity index (χ3v) is 3.89. The van der Waals surface area contributed by atoms with Crippen LogP contribution in [0.2, 0.25) is 0 Å². The maximum absolute atomic E-state index is 12.1. The number of hydrazone groups is 1. The van der Waals surface area contributed by atoms with E-state index in [1.165, 1.54) is 5.56 Å². The maximum Gasteiger partial charge on any atom is 0.271 e. The summed E-state index contributed by atoms with van der Waals surface area (Å²) in [5.41, 5.74) is 5.84. The minimum Gasteiger partial charge on any atom is -0.326 e. The second-order valence-corrected chi connectivity index (χ2v) is 6.40. The van der Waals surface area contributed by atoms with Gasteiger partial charge in [-0.25, -0.2) is 5.43 Å². The van der Waals surface area contributed by atoms with Gasteiger partial charge in [-0.1, -0.05) is 45.0 Å². The normalized spacial score (nSPS) is 10.9. The third-order valence-electron chi connectivity index (χ3n) is 3.89. The molecule has 0 fully saturated rings. The Balaban J connectivity index is 1.90. The van der Waals surface area contributed by atoms with Crippen molar-refractivity contribution in [3.05, 3.63) is 65.2 Å². The van der Waals surface area contributed by atoms with Crippen LogP contribution in [0, 0.1) is 0 Å². The SMILES string of the molecule is CCCC(=O)Nc1ccc(C(=O)N/N=C\c2ccc(C(C)C)cc2)cc1. The molecule has 2 rings (SSSR count). The maximum atomic E-state index is 12.1. The predicted molar refractivity (Wildman–Crippen MR) is 106 cm³/mol. The van der Waals surface area contributed by atoms with Gasteiger partial charge in [-0.2, -0.15) is 5.10 Å². The Morgan fingerprint density at radius 1 is 1.04 bits per heavy atom. The second-order valence-electron chi connectivity index (χ2n) is 6.40. The first-order valence-corrected chi connectivity index (χ1v) is 8.83. The Kier molecular flexibility index (Phi) is 7.09. The number of hydrogen-bond donors (Lipinski definition) is 2. The van der Waals surface area contributed by atoms with Gasteiger partial charge in [-0.15, -0.1) is 0 Å². The molecule has 136 valence electrons. The van der Waals surface area contributed by atoms with Gasteiger partial charge < -0.3 is 5.32 Å². The predicted octanol–water partition coefficient (Wildman–Crippen LogP) is 4.31. The van der Waals surface area contributed by atoms with Crippen LogP contribution in [-0.4, -0.2) is 18.0 Å². The molecule has 0 aliphatic carbocycles. The molecule has 0 saturated heterocycles. The zero-order valence-electron chi connectivity index (χ0n) is 15.5. The monoisotopic (exact) mass is 351 g/mol. The summed E-state index contributed by atoms with van der Waals surface area (Å²) in [6, 6.07) is 14.8.